The van der Waals surface area contributed by atoms with Gasteiger partial charge < -0.3 is 10.1 Å². The number of nitrogens with one attached hydrogen (secondary N) is 1. The highest BCUT2D eigenvalue weighted by Gasteiger charge is 2.22. The molecular weight excluding hydrogens is 347 g/mol. The summed E-state index contributed by atoms with van der Waals surface area (Å²) in [4.78, 5) is 13.7. The maximum Gasteiger partial charge on any atom is 0.308 e. The summed E-state index contributed by atoms with van der Waals surface area (Å²) >= 11 is 0. The predicted octanol–water partition coefficient (Wildman–Crippen LogP) is 3.98. The average Bonchev–Trinajstić information content (AvgIpc) is 2.52. The first-order valence-electron chi connectivity index (χ1n) is 8.44. The van der Waals surface area contributed by atoms with Gasteiger partial charge in [-0.1, -0.05) is 38.3 Å². The maximum absolute atomic E-state index is 11.2. The van der Waals surface area contributed by atoms with E-state index >= 15 is 0 Å². The molecule has 0 radical (unpaired) electrons. The second-order valence-electron chi connectivity index (χ2n) is 5.96. The van der Waals surface area contributed by atoms with Crippen LogP contribution in [0.1, 0.15) is 51.1 Å². The zero-order valence-corrected chi connectivity index (χ0v) is 16.3. The van der Waals surface area contributed by atoms with Crippen LogP contribution in [0.4, 0.5) is 0 Å². The van der Waals surface area contributed by atoms with Crippen LogP contribution < -0.4 is 10.1 Å². The van der Waals surface area contributed by atoms with E-state index in [-0.39, 0.29) is 30.8 Å². The molecule has 1 N–H and O–H groups in total. The van der Waals surface area contributed by atoms with Gasteiger partial charge in [0.15, 0.2) is 0 Å². The Hall–Kier alpha value is -0.810. The Balaban J connectivity index is 0.00000264. The summed E-state index contributed by atoms with van der Waals surface area (Å²) in [6, 6.07) is 8.45. The number of benzene rings is 1. The van der Waals surface area contributed by atoms with Gasteiger partial charge in [0, 0.05) is 39.1 Å². The number of hydrogen-bond acceptors (Lipinski definition) is 4. The molecule has 0 aliphatic carbocycles. The molecule has 0 bridgehead atoms. The van der Waals surface area contributed by atoms with Crippen molar-refractivity contribution in [1.29, 1.82) is 0 Å². The van der Waals surface area contributed by atoms with Crippen molar-refractivity contribution in [2.45, 2.75) is 45.6 Å². The number of rotatable bonds is 7. The molecule has 4 nitrogen and oxygen atoms in total. The lowest BCUT2D eigenvalue weighted by atomic mass is 9.98. The van der Waals surface area contributed by atoms with E-state index in [1.807, 2.05) is 18.2 Å². The highest BCUT2D eigenvalue weighted by atomic mass is 35.5. The minimum Gasteiger partial charge on any atom is -0.427 e. The highest BCUT2D eigenvalue weighted by Crippen LogP contribution is 2.29. The van der Waals surface area contributed by atoms with Gasteiger partial charge in [-0.2, -0.15) is 0 Å². The van der Waals surface area contributed by atoms with Crippen molar-refractivity contribution in [2.24, 2.45) is 0 Å². The molecule has 138 valence electrons. The largest absolute Gasteiger partial charge is 0.427 e. The van der Waals surface area contributed by atoms with Crippen LogP contribution in [0.2, 0.25) is 0 Å². The number of nitrogens with zero attached hydrogens (tertiary/aromatic N) is 1. The summed E-state index contributed by atoms with van der Waals surface area (Å²) in [5, 5.41) is 3.41. The van der Waals surface area contributed by atoms with E-state index in [0.717, 1.165) is 32.6 Å². The molecule has 1 aliphatic heterocycles. The quantitative estimate of drug-likeness (QED) is 0.443. The van der Waals surface area contributed by atoms with Gasteiger partial charge in [-0.15, -0.1) is 24.8 Å². The molecule has 1 atom stereocenters. The Labute approximate surface area is 158 Å². The van der Waals surface area contributed by atoms with E-state index in [2.05, 4.69) is 23.2 Å². The van der Waals surface area contributed by atoms with E-state index in [9.17, 15) is 4.79 Å². The Morgan fingerprint density at radius 3 is 2.58 bits per heavy atom. The molecule has 0 amide bonds. The Morgan fingerprint density at radius 1 is 1.25 bits per heavy atom. The topological polar surface area (TPSA) is 41.6 Å². The first kappa shape index (κ1) is 23.2. The van der Waals surface area contributed by atoms with Crippen LogP contribution in [0.5, 0.6) is 5.75 Å². The van der Waals surface area contributed by atoms with Gasteiger partial charge >= 0.3 is 5.97 Å². The third-order valence-electron chi connectivity index (χ3n) is 4.18. The zero-order chi connectivity index (χ0) is 15.8. The normalized spacial score (nSPS) is 15.8. The van der Waals surface area contributed by atoms with Gasteiger partial charge in [0.25, 0.3) is 0 Å². The molecule has 1 aliphatic rings. The minimum atomic E-state index is -0.262. The van der Waals surface area contributed by atoms with E-state index in [1.54, 1.807) is 0 Å². The molecule has 6 heteroatoms. The number of piperazine rings is 1. The second kappa shape index (κ2) is 12.5. The Bertz CT molecular complexity index is 480. The van der Waals surface area contributed by atoms with E-state index in [1.165, 1.54) is 31.7 Å². The van der Waals surface area contributed by atoms with Gasteiger partial charge in [-0.05, 0) is 24.1 Å². The van der Waals surface area contributed by atoms with Crippen molar-refractivity contribution in [1.82, 2.24) is 10.2 Å². The average molecular weight is 377 g/mol. The second-order valence-corrected chi connectivity index (χ2v) is 5.96. The van der Waals surface area contributed by atoms with E-state index in [4.69, 9.17) is 4.74 Å². The van der Waals surface area contributed by atoms with Crippen molar-refractivity contribution in [2.75, 3.05) is 26.2 Å². The summed E-state index contributed by atoms with van der Waals surface area (Å²) < 4.78 is 5.25. The van der Waals surface area contributed by atoms with Gasteiger partial charge in [-0.3, -0.25) is 9.69 Å². The van der Waals surface area contributed by atoms with Crippen molar-refractivity contribution in [3.05, 3.63) is 29.8 Å². The van der Waals surface area contributed by atoms with Gasteiger partial charge in [0.05, 0.1) is 0 Å². The fraction of sp³-hybridized carbons (Fsp3) is 0.611. The molecule has 1 heterocycles. The van der Waals surface area contributed by atoms with Gasteiger partial charge in [0.1, 0.15) is 5.75 Å². The first-order valence-corrected chi connectivity index (χ1v) is 8.44. The van der Waals surface area contributed by atoms with Crippen molar-refractivity contribution in [3.8, 4) is 5.75 Å². The number of hydrogen-bond donors (Lipinski definition) is 1. The minimum absolute atomic E-state index is 0. The molecule has 1 saturated heterocycles. The lowest BCUT2D eigenvalue weighted by Crippen LogP contribution is -2.45. The van der Waals surface area contributed by atoms with E-state index in [0.29, 0.717) is 11.8 Å². The highest BCUT2D eigenvalue weighted by molar-refractivity contribution is 5.85. The monoisotopic (exact) mass is 376 g/mol. The molecular formula is C18H30Cl2N2O2. The van der Waals surface area contributed by atoms with Gasteiger partial charge in [-0.25, -0.2) is 0 Å². The zero-order valence-electron chi connectivity index (χ0n) is 14.6. The van der Waals surface area contributed by atoms with Crippen LogP contribution in [0, 0.1) is 0 Å². The smallest absolute Gasteiger partial charge is 0.308 e. The van der Waals surface area contributed by atoms with Crippen molar-refractivity contribution >= 4 is 30.8 Å². The SMILES string of the molecule is CCCCC[C@@H](c1cccc(OC(C)=O)c1)N1CCNCC1.Cl.Cl. The predicted molar refractivity (Wildman–Crippen MR) is 104 cm³/mol. The molecule has 0 saturated carbocycles. The summed E-state index contributed by atoms with van der Waals surface area (Å²) in [6.07, 6.45) is 4.91. The van der Waals surface area contributed by atoms with Crippen LogP contribution in [0.15, 0.2) is 24.3 Å². The molecule has 24 heavy (non-hydrogen) atoms. The van der Waals surface area contributed by atoms with Crippen LogP contribution in [-0.2, 0) is 4.79 Å². The fourth-order valence-electron chi connectivity index (χ4n) is 3.09. The summed E-state index contributed by atoms with van der Waals surface area (Å²) in [5.74, 6) is 0.391. The van der Waals surface area contributed by atoms with Crippen molar-refractivity contribution in [3.63, 3.8) is 0 Å². The molecule has 1 fully saturated rings. The Morgan fingerprint density at radius 2 is 1.96 bits per heavy atom. The van der Waals surface area contributed by atoms with Crippen molar-refractivity contribution < 1.29 is 9.53 Å². The number of halogens is 2. The molecule has 1 aromatic rings. The summed E-state index contributed by atoms with van der Waals surface area (Å²) in [6.45, 7) is 7.94. The fourth-order valence-corrected chi connectivity index (χ4v) is 3.09. The summed E-state index contributed by atoms with van der Waals surface area (Å²) in [5.41, 5.74) is 1.26. The number of esters is 1. The molecule has 2 rings (SSSR count). The lowest BCUT2D eigenvalue weighted by molar-refractivity contribution is -0.131. The number of carbonyl (C=O) groups is 1. The standard InChI is InChI=1S/C18H28N2O2.2ClH/c1-3-4-5-9-18(20-12-10-19-11-13-20)16-7-6-8-17(14-16)22-15(2)21;;/h6-8,14,18-19H,3-5,9-13H2,1-2H3;2*1H/t18-;;/m0../s1. The Kier molecular flexibility index (Phi) is 12.1. The maximum atomic E-state index is 11.2. The summed E-state index contributed by atoms with van der Waals surface area (Å²) in [7, 11) is 0. The number of unbranched alkanes of at least 4 members (excludes halogenated alkanes) is 2. The lowest BCUT2D eigenvalue weighted by Gasteiger charge is -2.35. The van der Waals surface area contributed by atoms with Gasteiger partial charge in [0.2, 0.25) is 0 Å². The first-order chi connectivity index (χ1) is 10.7. The molecule has 1 aromatic carbocycles. The van der Waals surface area contributed by atoms with Crippen LogP contribution in [0.25, 0.3) is 0 Å². The molecule has 0 aromatic heterocycles. The number of ether oxygens (including phenoxy) is 1. The van der Waals surface area contributed by atoms with E-state index < -0.39 is 0 Å². The third-order valence-corrected chi connectivity index (χ3v) is 4.18. The molecule has 0 unspecified atom stereocenters. The number of carbonyl (C=O) groups excluding carboxylic acids is 1. The van der Waals surface area contributed by atoms with Crippen LogP contribution >= 0.6 is 24.8 Å². The van der Waals surface area contributed by atoms with Crippen LogP contribution in [0.3, 0.4) is 0 Å². The molecule has 0 spiro atoms. The van der Waals surface area contributed by atoms with Crippen LogP contribution in [-0.4, -0.2) is 37.0 Å². The third kappa shape index (κ3) is 7.39.